The van der Waals surface area contributed by atoms with E-state index in [4.69, 9.17) is 4.52 Å². The van der Waals surface area contributed by atoms with Crippen LogP contribution in [0.2, 0.25) is 0 Å². The molecule has 1 fully saturated rings. The van der Waals surface area contributed by atoms with Crippen LogP contribution in [0.1, 0.15) is 62.0 Å². The van der Waals surface area contributed by atoms with Crippen LogP contribution in [-0.2, 0) is 14.8 Å². The van der Waals surface area contributed by atoms with E-state index in [-0.39, 0.29) is 16.7 Å². The molecular weight excluding hydrogens is 426 g/mol. The number of aromatic nitrogens is 1. The average Bonchev–Trinajstić information content (AvgIpc) is 3.59. The van der Waals surface area contributed by atoms with Gasteiger partial charge in [-0.15, -0.1) is 0 Å². The number of allylic oxidation sites excluding steroid dienone is 1. The second kappa shape index (κ2) is 9.83. The fourth-order valence-corrected chi connectivity index (χ4v) is 4.75. The quantitative estimate of drug-likeness (QED) is 0.535. The SMILES string of the molecule is Cc1noc(C=Cc2ccc(S(=O)(=O)NCCC3=CCCCC3)cc2)c1NC(=O)C1CC1. The molecule has 2 aromatic rings. The van der Waals surface area contributed by atoms with Gasteiger partial charge in [-0.1, -0.05) is 35.0 Å². The number of rotatable bonds is 9. The molecule has 0 unspecified atom stereocenters. The summed E-state index contributed by atoms with van der Waals surface area (Å²) >= 11 is 0. The molecule has 1 saturated carbocycles. The number of nitrogens with one attached hydrogen (secondary N) is 2. The maximum absolute atomic E-state index is 12.6. The number of carbonyl (C=O) groups is 1. The second-order valence-electron chi connectivity index (χ2n) is 8.43. The lowest BCUT2D eigenvalue weighted by atomic mass is 9.97. The van der Waals surface area contributed by atoms with Crippen molar-refractivity contribution in [1.82, 2.24) is 9.88 Å². The van der Waals surface area contributed by atoms with Gasteiger partial charge in [0.1, 0.15) is 11.4 Å². The summed E-state index contributed by atoms with van der Waals surface area (Å²) in [6.45, 7) is 2.19. The third-order valence-electron chi connectivity index (χ3n) is 5.83. The van der Waals surface area contributed by atoms with Crippen LogP contribution in [-0.4, -0.2) is 26.0 Å². The van der Waals surface area contributed by atoms with E-state index >= 15 is 0 Å². The van der Waals surface area contributed by atoms with Crippen molar-refractivity contribution in [3.8, 4) is 0 Å². The highest BCUT2D eigenvalue weighted by Crippen LogP contribution is 2.32. The molecule has 0 spiro atoms. The summed E-state index contributed by atoms with van der Waals surface area (Å²) in [6.07, 6.45) is 12.9. The zero-order valence-electron chi connectivity index (χ0n) is 18.3. The van der Waals surface area contributed by atoms with E-state index in [1.807, 2.05) is 0 Å². The van der Waals surface area contributed by atoms with Gasteiger partial charge in [-0.3, -0.25) is 4.79 Å². The van der Waals surface area contributed by atoms with Gasteiger partial charge in [0.2, 0.25) is 15.9 Å². The Bertz CT molecular complexity index is 1130. The smallest absolute Gasteiger partial charge is 0.240 e. The maximum atomic E-state index is 12.6. The van der Waals surface area contributed by atoms with Crippen molar-refractivity contribution in [3.05, 3.63) is 52.9 Å². The fourth-order valence-electron chi connectivity index (χ4n) is 3.71. The highest BCUT2D eigenvalue weighted by atomic mass is 32.2. The van der Waals surface area contributed by atoms with Crippen molar-refractivity contribution in [2.75, 3.05) is 11.9 Å². The van der Waals surface area contributed by atoms with Gasteiger partial charge in [0.15, 0.2) is 5.76 Å². The molecule has 1 heterocycles. The molecule has 170 valence electrons. The molecule has 0 radical (unpaired) electrons. The Labute approximate surface area is 189 Å². The van der Waals surface area contributed by atoms with Crippen molar-refractivity contribution < 1.29 is 17.7 Å². The number of aryl methyl sites for hydroxylation is 1. The number of amides is 1. The van der Waals surface area contributed by atoms with Crippen LogP contribution in [0.5, 0.6) is 0 Å². The molecule has 2 aliphatic carbocycles. The van der Waals surface area contributed by atoms with Crippen LogP contribution in [0.3, 0.4) is 0 Å². The molecule has 0 saturated heterocycles. The minimum atomic E-state index is -3.54. The number of carbonyl (C=O) groups excluding carboxylic acids is 1. The Morgan fingerprint density at radius 2 is 1.97 bits per heavy atom. The first kappa shape index (κ1) is 22.5. The number of hydrogen-bond acceptors (Lipinski definition) is 5. The van der Waals surface area contributed by atoms with Gasteiger partial charge >= 0.3 is 0 Å². The fraction of sp³-hybridized carbons (Fsp3) is 0.417. The molecule has 2 N–H and O–H groups in total. The summed E-state index contributed by atoms with van der Waals surface area (Å²) < 4.78 is 33.1. The van der Waals surface area contributed by atoms with Crippen LogP contribution in [0.25, 0.3) is 12.2 Å². The molecule has 0 bridgehead atoms. The summed E-state index contributed by atoms with van der Waals surface area (Å²) in [5, 5.41) is 6.83. The summed E-state index contributed by atoms with van der Waals surface area (Å²) in [7, 11) is -3.54. The van der Waals surface area contributed by atoms with Crippen LogP contribution in [0.4, 0.5) is 5.69 Å². The Morgan fingerprint density at radius 3 is 2.66 bits per heavy atom. The number of hydrogen-bond donors (Lipinski definition) is 2. The third kappa shape index (κ3) is 5.75. The Kier molecular flexibility index (Phi) is 6.91. The van der Waals surface area contributed by atoms with E-state index in [9.17, 15) is 13.2 Å². The molecule has 1 aromatic heterocycles. The molecule has 0 aliphatic heterocycles. The van der Waals surface area contributed by atoms with Crippen LogP contribution >= 0.6 is 0 Å². The molecule has 1 amide bonds. The van der Waals surface area contributed by atoms with Crippen molar-refractivity contribution in [2.45, 2.75) is 56.8 Å². The predicted molar refractivity (Wildman–Crippen MR) is 124 cm³/mol. The van der Waals surface area contributed by atoms with Gasteiger partial charge in [0.05, 0.1) is 4.90 Å². The van der Waals surface area contributed by atoms with Crippen molar-refractivity contribution >= 4 is 33.8 Å². The zero-order chi connectivity index (χ0) is 22.6. The summed E-state index contributed by atoms with van der Waals surface area (Å²) in [4.78, 5) is 12.3. The highest BCUT2D eigenvalue weighted by molar-refractivity contribution is 7.89. The van der Waals surface area contributed by atoms with E-state index in [0.29, 0.717) is 23.7 Å². The predicted octanol–water partition coefficient (Wildman–Crippen LogP) is 4.67. The summed E-state index contributed by atoms with van der Waals surface area (Å²) in [5.74, 6) is 0.545. The summed E-state index contributed by atoms with van der Waals surface area (Å²) in [5.41, 5.74) is 3.35. The van der Waals surface area contributed by atoms with Gasteiger partial charge < -0.3 is 9.84 Å². The van der Waals surface area contributed by atoms with E-state index < -0.39 is 10.0 Å². The number of nitrogens with zero attached hydrogens (tertiary/aromatic N) is 1. The average molecular weight is 456 g/mol. The van der Waals surface area contributed by atoms with Crippen LogP contribution in [0, 0.1) is 12.8 Å². The van der Waals surface area contributed by atoms with Crippen molar-refractivity contribution in [2.24, 2.45) is 5.92 Å². The second-order valence-corrected chi connectivity index (χ2v) is 10.2. The van der Waals surface area contributed by atoms with E-state index in [1.54, 1.807) is 43.3 Å². The van der Waals surface area contributed by atoms with Crippen LogP contribution in [0.15, 0.2) is 45.3 Å². The number of anilines is 1. The summed E-state index contributed by atoms with van der Waals surface area (Å²) in [6, 6.07) is 6.65. The Balaban J connectivity index is 1.36. The number of benzene rings is 1. The van der Waals surface area contributed by atoms with Gasteiger partial charge in [0, 0.05) is 12.5 Å². The highest BCUT2D eigenvalue weighted by Gasteiger charge is 2.30. The van der Waals surface area contributed by atoms with Crippen molar-refractivity contribution in [1.29, 1.82) is 0 Å². The zero-order valence-corrected chi connectivity index (χ0v) is 19.1. The lowest BCUT2D eigenvalue weighted by Gasteiger charge is -2.13. The first-order chi connectivity index (χ1) is 15.4. The van der Waals surface area contributed by atoms with E-state index in [2.05, 4.69) is 21.3 Å². The Hall–Kier alpha value is -2.71. The molecule has 2 aliphatic rings. The Morgan fingerprint density at radius 1 is 1.19 bits per heavy atom. The first-order valence-electron chi connectivity index (χ1n) is 11.2. The van der Waals surface area contributed by atoms with Gasteiger partial charge in [0.25, 0.3) is 0 Å². The van der Waals surface area contributed by atoms with E-state index in [0.717, 1.165) is 37.7 Å². The minimum Gasteiger partial charge on any atom is -0.354 e. The lowest BCUT2D eigenvalue weighted by Crippen LogP contribution is -2.25. The minimum absolute atomic E-state index is 0.00668. The molecule has 1 aromatic carbocycles. The maximum Gasteiger partial charge on any atom is 0.240 e. The van der Waals surface area contributed by atoms with Gasteiger partial charge in [-0.25, -0.2) is 13.1 Å². The first-order valence-corrected chi connectivity index (χ1v) is 12.6. The van der Waals surface area contributed by atoms with Crippen molar-refractivity contribution in [3.63, 3.8) is 0 Å². The third-order valence-corrected chi connectivity index (χ3v) is 7.30. The number of sulfonamides is 1. The monoisotopic (exact) mass is 455 g/mol. The normalized spacial score (nSPS) is 16.8. The van der Waals surface area contributed by atoms with Crippen LogP contribution < -0.4 is 10.0 Å². The largest absolute Gasteiger partial charge is 0.354 e. The molecule has 4 rings (SSSR count). The standard InChI is InChI=1S/C24H29N3O4S/c1-17-23(26-24(28)20-10-11-20)22(31-27-17)14-9-19-7-12-21(13-8-19)32(29,30)25-16-15-18-5-3-2-4-6-18/h5,7-9,12-14,20,25H,2-4,6,10-11,15-16H2,1H3,(H,26,28). The molecule has 0 atom stereocenters. The van der Waals surface area contributed by atoms with Gasteiger partial charge in [-0.05, 0) is 75.6 Å². The molecule has 32 heavy (non-hydrogen) atoms. The molecule has 8 heteroatoms. The lowest BCUT2D eigenvalue weighted by molar-refractivity contribution is -0.117. The molecule has 7 nitrogen and oxygen atoms in total. The van der Waals surface area contributed by atoms with Gasteiger partial charge in [-0.2, -0.15) is 0 Å². The molecular formula is C24H29N3O4S. The topological polar surface area (TPSA) is 101 Å². The van der Waals surface area contributed by atoms with E-state index in [1.165, 1.54) is 18.4 Å².